The topological polar surface area (TPSA) is 0 Å². The molecule has 0 saturated heterocycles. The van der Waals surface area contributed by atoms with Crippen LogP contribution < -0.4 is 12.4 Å². The van der Waals surface area contributed by atoms with Crippen LogP contribution in [0.4, 0.5) is 0 Å². The molecule has 66 valence electrons. The Hall–Kier alpha value is 1.35. The van der Waals surface area contributed by atoms with Gasteiger partial charge in [0.15, 0.2) is 0 Å². The Kier molecular flexibility index (Phi) is 37.2. The van der Waals surface area contributed by atoms with Crippen molar-refractivity contribution in [2.45, 2.75) is 48.8 Å². The predicted molar refractivity (Wildman–Crippen MR) is 54.5 cm³/mol. The van der Waals surface area contributed by atoms with Crippen LogP contribution in [0.25, 0.3) is 0 Å². The van der Waals surface area contributed by atoms with Gasteiger partial charge in [-0.05, 0) is 0 Å². The fraction of sp³-hybridized carbons (Fsp3) is 1.00. The molecule has 0 aromatic rings. The zero-order valence-electron chi connectivity index (χ0n) is 9.36. The number of rotatable bonds is 4. The first-order valence-corrected chi connectivity index (χ1v) is 7.73. The first-order valence-electron chi connectivity index (χ1n) is 4.46. The summed E-state index contributed by atoms with van der Waals surface area (Å²) >= 11 is 1.63. The Morgan fingerprint density at radius 1 is 0.727 bits per heavy atom. The van der Waals surface area contributed by atoms with Crippen LogP contribution in [-0.4, -0.2) is 30.4 Å². The normalized spacial score (nSPS) is 6.18. The number of hydrogen-bond acceptors (Lipinski definition) is 0. The average Bonchev–Trinajstić information content (AvgIpc) is 1.93. The molecule has 0 radical (unpaired) electrons. The Bertz CT molecular complexity index is 38.0. The maximum absolute atomic E-state index is 2.25. The second-order valence-corrected chi connectivity index (χ2v) is 6.63. The van der Waals surface area contributed by atoms with Gasteiger partial charge in [0.25, 0.3) is 0 Å². The molecule has 0 N–H and O–H groups in total. The third-order valence-electron chi connectivity index (χ3n) is 1.15. The SMILES string of the molecule is C[CH2][Al+][CH2]C.C[CH2][Al+][CH2]C.[Cl-].[H-]. The van der Waals surface area contributed by atoms with Crippen LogP contribution in [0.15, 0.2) is 0 Å². The van der Waals surface area contributed by atoms with E-state index in [1.165, 1.54) is 21.1 Å². The molecule has 0 aliphatic heterocycles. The van der Waals surface area contributed by atoms with Crippen LogP contribution in [0.2, 0.25) is 21.1 Å². The number of hydrogen-bond donors (Lipinski definition) is 0. The predicted octanol–water partition coefficient (Wildman–Crippen LogP) is 0.250. The van der Waals surface area contributed by atoms with Gasteiger partial charge in [0, 0.05) is 0 Å². The Morgan fingerprint density at radius 3 is 0.909 bits per heavy atom. The Labute approximate surface area is 92.8 Å². The molecule has 0 bridgehead atoms. The molecule has 0 amide bonds. The van der Waals surface area contributed by atoms with Gasteiger partial charge in [-0.1, -0.05) is 0 Å². The monoisotopic (exact) mass is 206 g/mol. The van der Waals surface area contributed by atoms with Crippen molar-refractivity contribution in [1.29, 1.82) is 0 Å². The van der Waals surface area contributed by atoms with Gasteiger partial charge < -0.3 is 13.8 Å². The van der Waals surface area contributed by atoms with E-state index in [1.54, 1.807) is 0 Å². The summed E-state index contributed by atoms with van der Waals surface area (Å²) in [5, 5.41) is 5.71. The smallest absolute Gasteiger partial charge is 1.00 e. The van der Waals surface area contributed by atoms with E-state index in [9.17, 15) is 0 Å². The molecule has 0 fully saturated rings. The summed E-state index contributed by atoms with van der Waals surface area (Å²) in [4.78, 5) is 0. The van der Waals surface area contributed by atoms with Crippen molar-refractivity contribution in [3.63, 3.8) is 0 Å². The van der Waals surface area contributed by atoms with Crippen LogP contribution in [0.5, 0.6) is 0 Å². The van der Waals surface area contributed by atoms with Crippen molar-refractivity contribution >= 4 is 30.4 Å². The van der Waals surface area contributed by atoms with Gasteiger partial charge in [-0.25, -0.2) is 0 Å². The molecule has 0 atom stereocenters. The molecule has 3 heteroatoms. The van der Waals surface area contributed by atoms with E-state index in [0.717, 1.165) is 30.4 Å². The maximum atomic E-state index is 2.25. The van der Waals surface area contributed by atoms with Crippen molar-refractivity contribution in [3.8, 4) is 0 Å². The quantitative estimate of drug-likeness (QED) is 0.579. The molecule has 0 rings (SSSR count). The van der Waals surface area contributed by atoms with Gasteiger partial charge >= 0.3 is 79.3 Å². The van der Waals surface area contributed by atoms with E-state index in [1.807, 2.05) is 0 Å². The molecule has 0 aromatic heterocycles. The van der Waals surface area contributed by atoms with Crippen LogP contribution in [0, 0.1) is 0 Å². The maximum Gasteiger partial charge on any atom is -1.00 e. The second kappa shape index (κ2) is 22.5. The summed E-state index contributed by atoms with van der Waals surface area (Å²) in [6.07, 6.45) is 0. The Morgan fingerprint density at radius 2 is 0.909 bits per heavy atom. The van der Waals surface area contributed by atoms with Crippen LogP contribution in [-0.2, 0) is 0 Å². The van der Waals surface area contributed by atoms with Gasteiger partial charge in [-0.2, -0.15) is 0 Å². The molecular weight excluding hydrogens is 186 g/mol. The molecule has 11 heavy (non-hydrogen) atoms. The summed E-state index contributed by atoms with van der Waals surface area (Å²) in [6.45, 7) is 9.00. The van der Waals surface area contributed by atoms with E-state index in [-0.39, 0.29) is 13.8 Å². The molecule has 0 aromatic carbocycles. The van der Waals surface area contributed by atoms with Gasteiger partial charge in [0.1, 0.15) is 0 Å². The summed E-state index contributed by atoms with van der Waals surface area (Å²) in [5.74, 6) is 0. The first-order chi connectivity index (χ1) is 4.83. The van der Waals surface area contributed by atoms with E-state index < -0.39 is 0 Å². The standard InChI is InChI=1S/4C2H5.2Al.ClH.H/c4*1-2;;;;/h4*1H2,2H3;;;1H;/q;;;;2*+1;;-1/p-1. The summed E-state index contributed by atoms with van der Waals surface area (Å²) in [7, 11) is 0. The largest absolute Gasteiger partial charge is 1.00 e. The Balaban J connectivity index is -0.0000000457. The molecule has 0 aliphatic carbocycles. The number of halogens is 1. The molecule has 0 saturated carbocycles. The molecule has 0 unspecified atom stereocenters. The fourth-order valence-electron chi connectivity index (χ4n) is 0.577. The van der Waals surface area contributed by atoms with E-state index >= 15 is 0 Å². The zero-order chi connectivity index (χ0) is 8.24. The summed E-state index contributed by atoms with van der Waals surface area (Å²) in [5.41, 5.74) is 0. The molecule has 0 aliphatic rings. The minimum absolute atomic E-state index is 0. The molecule has 0 nitrogen and oxygen atoms in total. The van der Waals surface area contributed by atoms with Gasteiger partial charge in [0.05, 0.1) is 0 Å². The third kappa shape index (κ3) is 34.7. The molecular formula is C8H21Al2Cl. The van der Waals surface area contributed by atoms with Crippen molar-refractivity contribution in [1.82, 2.24) is 0 Å². The van der Waals surface area contributed by atoms with Crippen LogP contribution in [0.1, 0.15) is 29.1 Å². The van der Waals surface area contributed by atoms with Crippen LogP contribution >= 0.6 is 0 Å². The fourth-order valence-corrected chi connectivity index (χ4v) is 1.73. The van der Waals surface area contributed by atoms with Gasteiger partial charge in [-0.15, -0.1) is 0 Å². The van der Waals surface area contributed by atoms with Crippen molar-refractivity contribution in [2.24, 2.45) is 0 Å². The third-order valence-corrected chi connectivity index (χ3v) is 3.46. The average molecular weight is 207 g/mol. The first kappa shape index (κ1) is 18.2. The molecule has 0 heterocycles. The summed E-state index contributed by atoms with van der Waals surface area (Å²) in [6, 6.07) is 0. The minimum atomic E-state index is 0. The minimum Gasteiger partial charge on any atom is -1.00 e. The van der Waals surface area contributed by atoms with Gasteiger partial charge in [0.2, 0.25) is 0 Å². The van der Waals surface area contributed by atoms with Crippen molar-refractivity contribution in [3.05, 3.63) is 0 Å². The van der Waals surface area contributed by atoms with Gasteiger partial charge in [-0.3, -0.25) is 0 Å². The van der Waals surface area contributed by atoms with Crippen molar-refractivity contribution in [2.75, 3.05) is 0 Å². The van der Waals surface area contributed by atoms with E-state index in [2.05, 4.69) is 27.7 Å². The second-order valence-electron chi connectivity index (χ2n) is 2.21. The summed E-state index contributed by atoms with van der Waals surface area (Å²) < 4.78 is 0. The van der Waals surface area contributed by atoms with E-state index in [0.29, 0.717) is 0 Å². The van der Waals surface area contributed by atoms with E-state index in [4.69, 9.17) is 0 Å². The van der Waals surface area contributed by atoms with Crippen molar-refractivity contribution < 1.29 is 13.8 Å². The van der Waals surface area contributed by atoms with Crippen LogP contribution in [0.3, 0.4) is 0 Å². The molecule has 0 spiro atoms. The zero-order valence-corrected chi connectivity index (χ0v) is 11.4.